The Bertz CT molecular complexity index is 564. The molecule has 0 spiro atoms. The maximum Gasteiger partial charge on any atom is 0.137 e. The molecule has 1 saturated carbocycles. The second-order valence-electron chi connectivity index (χ2n) is 5.41. The van der Waals surface area contributed by atoms with Crippen molar-refractivity contribution in [3.8, 4) is 0 Å². The standard InChI is InChI=1S/C15H21N3O/c1-11-13(18-9-5-4-8-15(18)17-11)10-16-12-6-2-3-7-14(12)19/h4-5,8-9,12,14,16,19H,2-3,6-7,10H2,1H3. The SMILES string of the molecule is Cc1nc2ccccn2c1CNC1CCCCC1O. The summed E-state index contributed by atoms with van der Waals surface area (Å²) in [5.74, 6) is 0. The molecule has 2 unspecified atom stereocenters. The lowest BCUT2D eigenvalue weighted by atomic mass is 9.92. The summed E-state index contributed by atoms with van der Waals surface area (Å²) in [5.41, 5.74) is 3.23. The minimum absolute atomic E-state index is 0.201. The summed E-state index contributed by atoms with van der Waals surface area (Å²) < 4.78 is 2.12. The van der Waals surface area contributed by atoms with Crippen molar-refractivity contribution in [1.82, 2.24) is 14.7 Å². The number of pyridine rings is 1. The van der Waals surface area contributed by atoms with Crippen LogP contribution in [-0.2, 0) is 6.54 Å². The summed E-state index contributed by atoms with van der Waals surface area (Å²) in [4.78, 5) is 4.56. The number of rotatable bonds is 3. The Kier molecular flexibility index (Phi) is 3.53. The summed E-state index contributed by atoms with van der Waals surface area (Å²) in [6.45, 7) is 2.81. The van der Waals surface area contributed by atoms with Crippen LogP contribution in [0.15, 0.2) is 24.4 Å². The van der Waals surface area contributed by atoms with Gasteiger partial charge < -0.3 is 14.8 Å². The highest BCUT2D eigenvalue weighted by Gasteiger charge is 2.22. The van der Waals surface area contributed by atoms with Crippen molar-refractivity contribution in [3.05, 3.63) is 35.8 Å². The molecule has 2 heterocycles. The number of nitrogens with one attached hydrogen (secondary N) is 1. The van der Waals surface area contributed by atoms with Crippen LogP contribution < -0.4 is 5.32 Å². The molecule has 1 fully saturated rings. The highest BCUT2D eigenvalue weighted by molar-refractivity contribution is 5.42. The Labute approximate surface area is 113 Å². The quantitative estimate of drug-likeness (QED) is 0.887. The van der Waals surface area contributed by atoms with Crippen molar-refractivity contribution in [2.75, 3.05) is 0 Å². The van der Waals surface area contributed by atoms with Crippen molar-refractivity contribution >= 4 is 5.65 Å². The van der Waals surface area contributed by atoms with E-state index in [1.54, 1.807) is 0 Å². The van der Waals surface area contributed by atoms with Crippen molar-refractivity contribution in [3.63, 3.8) is 0 Å². The van der Waals surface area contributed by atoms with Crippen LogP contribution in [0.25, 0.3) is 5.65 Å². The zero-order valence-electron chi connectivity index (χ0n) is 11.3. The topological polar surface area (TPSA) is 49.6 Å². The van der Waals surface area contributed by atoms with Gasteiger partial charge in [0.1, 0.15) is 5.65 Å². The molecule has 0 radical (unpaired) electrons. The molecular formula is C15H21N3O. The van der Waals surface area contributed by atoms with Gasteiger partial charge in [-0.3, -0.25) is 0 Å². The van der Waals surface area contributed by atoms with E-state index < -0.39 is 0 Å². The molecule has 102 valence electrons. The highest BCUT2D eigenvalue weighted by Crippen LogP contribution is 2.19. The third-order valence-corrected chi connectivity index (χ3v) is 4.09. The Morgan fingerprint density at radius 2 is 2.21 bits per heavy atom. The molecule has 0 saturated heterocycles. The van der Waals surface area contributed by atoms with Gasteiger partial charge in [-0.15, -0.1) is 0 Å². The lowest BCUT2D eigenvalue weighted by Crippen LogP contribution is -2.41. The molecule has 1 aliphatic rings. The summed E-state index contributed by atoms with van der Waals surface area (Å²) in [6.07, 6.45) is 6.19. The third-order valence-electron chi connectivity index (χ3n) is 4.09. The van der Waals surface area contributed by atoms with Gasteiger partial charge in [0.15, 0.2) is 0 Å². The molecule has 2 N–H and O–H groups in total. The van der Waals surface area contributed by atoms with E-state index in [0.717, 1.165) is 37.1 Å². The van der Waals surface area contributed by atoms with Crippen molar-refractivity contribution < 1.29 is 5.11 Å². The number of fused-ring (bicyclic) bond motifs is 1. The van der Waals surface area contributed by atoms with E-state index in [-0.39, 0.29) is 12.1 Å². The maximum atomic E-state index is 10.00. The Morgan fingerprint density at radius 1 is 1.37 bits per heavy atom. The Hall–Kier alpha value is -1.39. The monoisotopic (exact) mass is 259 g/mol. The number of hydrogen-bond acceptors (Lipinski definition) is 3. The third kappa shape index (κ3) is 2.51. The van der Waals surface area contributed by atoms with Gasteiger partial charge in [0, 0.05) is 18.8 Å². The maximum absolute atomic E-state index is 10.00. The van der Waals surface area contributed by atoms with Gasteiger partial charge in [-0.25, -0.2) is 4.98 Å². The number of aliphatic hydroxyl groups is 1. The van der Waals surface area contributed by atoms with E-state index >= 15 is 0 Å². The second-order valence-corrected chi connectivity index (χ2v) is 5.41. The average molecular weight is 259 g/mol. The Balaban J connectivity index is 1.76. The predicted molar refractivity (Wildman–Crippen MR) is 75.0 cm³/mol. The molecule has 4 nitrogen and oxygen atoms in total. The van der Waals surface area contributed by atoms with Crippen LogP contribution >= 0.6 is 0 Å². The van der Waals surface area contributed by atoms with Crippen LogP contribution in [0.5, 0.6) is 0 Å². The van der Waals surface area contributed by atoms with E-state index in [1.165, 1.54) is 12.1 Å². The van der Waals surface area contributed by atoms with Gasteiger partial charge in [0.2, 0.25) is 0 Å². The van der Waals surface area contributed by atoms with Crippen LogP contribution in [-0.4, -0.2) is 26.6 Å². The van der Waals surface area contributed by atoms with Gasteiger partial charge in [0.25, 0.3) is 0 Å². The zero-order valence-corrected chi connectivity index (χ0v) is 11.3. The van der Waals surface area contributed by atoms with Gasteiger partial charge in [0.05, 0.1) is 17.5 Å². The first kappa shape index (κ1) is 12.6. The molecule has 2 aromatic heterocycles. The number of aryl methyl sites for hydroxylation is 1. The number of hydrogen-bond donors (Lipinski definition) is 2. The lowest BCUT2D eigenvalue weighted by Gasteiger charge is -2.28. The molecule has 19 heavy (non-hydrogen) atoms. The van der Waals surface area contributed by atoms with E-state index in [1.807, 2.05) is 31.3 Å². The van der Waals surface area contributed by atoms with E-state index in [0.29, 0.717) is 0 Å². The number of aliphatic hydroxyl groups excluding tert-OH is 1. The summed E-state index contributed by atoms with van der Waals surface area (Å²) in [6, 6.07) is 6.27. The van der Waals surface area contributed by atoms with Gasteiger partial charge in [-0.1, -0.05) is 18.9 Å². The van der Waals surface area contributed by atoms with Gasteiger partial charge in [-0.05, 0) is 31.9 Å². The number of imidazole rings is 1. The number of nitrogens with zero attached hydrogens (tertiary/aromatic N) is 2. The van der Waals surface area contributed by atoms with E-state index in [2.05, 4.69) is 14.7 Å². The molecule has 2 atom stereocenters. The summed E-state index contributed by atoms with van der Waals surface area (Å²) in [5, 5.41) is 13.5. The molecule has 0 aromatic carbocycles. The Morgan fingerprint density at radius 3 is 3.05 bits per heavy atom. The number of aromatic nitrogens is 2. The first-order chi connectivity index (χ1) is 9.25. The zero-order chi connectivity index (χ0) is 13.2. The largest absolute Gasteiger partial charge is 0.392 e. The fraction of sp³-hybridized carbons (Fsp3) is 0.533. The minimum atomic E-state index is -0.201. The van der Waals surface area contributed by atoms with Crippen LogP contribution in [0.2, 0.25) is 0 Å². The van der Waals surface area contributed by atoms with Crippen molar-refractivity contribution in [2.45, 2.75) is 51.3 Å². The molecule has 1 aliphatic carbocycles. The van der Waals surface area contributed by atoms with Gasteiger partial charge >= 0.3 is 0 Å². The fourth-order valence-corrected chi connectivity index (χ4v) is 2.95. The molecule has 3 rings (SSSR count). The lowest BCUT2D eigenvalue weighted by molar-refractivity contribution is 0.0900. The summed E-state index contributed by atoms with van der Waals surface area (Å²) in [7, 11) is 0. The highest BCUT2D eigenvalue weighted by atomic mass is 16.3. The smallest absolute Gasteiger partial charge is 0.137 e. The van der Waals surface area contributed by atoms with Crippen molar-refractivity contribution in [2.24, 2.45) is 0 Å². The van der Waals surface area contributed by atoms with Crippen LogP contribution in [0.1, 0.15) is 37.1 Å². The van der Waals surface area contributed by atoms with Crippen LogP contribution in [0.3, 0.4) is 0 Å². The molecule has 0 amide bonds. The molecule has 4 heteroatoms. The molecule has 2 aromatic rings. The fourth-order valence-electron chi connectivity index (χ4n) is 2.95. The van der Waals surface area contributed by atoms with Crippen LogP contribution in [0, 0.1) is 6.92 Å². The average Bonchev–Trinajstić information content (AvgIpc) is 2.74. The molecule has 0 bridgehead atoms. The summed E-state index contributed by atoms with van der Waals surface area (Å²) >= 11 is 0. The first-order valence-electron chi connectivity index (χ1n) is 7.10. The van der Waals surface area contributed by atoms with E-state index in [4.69, 9.17) is 0 Å². The van der Waals surface area contributed by atoms with Crippen LogP contribution in [0.4, 0.5) is 0 Å². The van der Waals surface area contributed by atoms with Gasteiger partial charge in [-0.2, -0.15) is 0 Å². The van der Waals surface area contributed by atoms with Crippen molar-refractivity contribution in [1.29, 1.82) is 0 Å². The predicted octanol–water partition coefficient (Wildman–Crippen LogP) is 2.04. The molecule has 0 aliphatic heterocycles. The minimum Gasteiger partial charge on any atom is -0.392 e. The van der Waals surface area contributed by atoms with E-state index in [9.17, 15) is 5.11 Å². The first-order valence-corrected chi connectivity index (χ1v) is 7.10. The molecular weight excluding hydrogens is 238 g/mol. The normalized spacial score (nSPS) is 23.9. The second kappa shape index (κ2) is 5.31.